The monoisotopic (exact) mass is 427 g/mol. The zero-order chi connectivity index (χ0) is 21.9. The van der Waals surface area contributed by atoms with E-state index >= 15 is 0 Å². The lowest BCUT2D eigenvalue weighted by Gasteiger charge is -2.23. The van der Waals surface area contributed by atoms with E-state index in [1.165, 1.54) is 0 Å². The van der Waals surface area contributed by atoms with Crippen LogP contribution in [0.2, 0.25) is 0 Å². The number of pyridine rings is 3. The van der Waals surface area contributed by atoms with Gasteiger partial charge in [-0.1, -0.05) is 5.92 Å². The SMILES string of the molecule is Cc1ncc(C#Cc2ccc(N[C@@H]3CCCOC3)cn2)c2cc(NC(=O)C3CC3)ncc12. The Kier molecular flexibility index (Phi) is 5.70. The predicted molar refractivity (Wildman–Crippen MR) is 123 cm³/mol. The molecule has 1 aliphatic carbocycles. The topological polar surface area (TPSA) is 89.0 Å². The summed E-state index contributed by atoms with van der Waals surface area (Å²) < 4.78 is 5.51. The number of aromatic nitrogens is 3. The fourth-order valence-corrected chi connectivity index (χ4v) is 3.78. The van der Waals surface area contributed by atoms with Crippen molar-refractivity contribution >= 4 is 28.2 Å². The molecule has 0 spiro atoms. The minimum Gasteiger partial charge on any atom is -0.379 e. The quantitative estimate of drug-likeness (QED) is 0.618. The lowest BCUT2D eigenvalue weighted by atomic mass is 10.1. The van der Waals surface area contributed by atoms with E-state index in [9.17, 15) is 4.79 Å². The first-order chi connectivity index (χ1) is 15.7. The number of aryl methyl sites for hydroxylation is 1. The van der Waals surface area contributed by atoms with Crippen molar-refractivity contribution in [2.45, 2.75) is 38.6 Å². The maximum atomic E-state index is 12.1. The van der Waals surface area contributed by atoms with Gasteiger partial charge in [0.1, 0.15) is 11.5 Å². The maximum absolute atomic E-state index is 12.1. The minimum absolute atomic E-state index is 0.0351. The highest BCUT2D eigenvalue weighted by Crippen LogP contribution is 2.30. The molecule has 7 heteroatoms. The second kappa shape index (κ2) is 8.93. The molecule has 32 heavy (non-hydrogen) atoms. The van der Waals surface area contributed by atoms with Crippen LogP contribution in [0.15, 0.2) is 36.8 Å². The van der Waals surface area contributed by atoms with Crippen LogP contribution in [0.4, 0.5) is 11.5 Å². The Labute approximate surface area is 187 Å². The first-order valence-corrected chi connectivity index (χ1v) is 11.0. The molecular weight excluding hydrogens is 402 g/mol. The summed E-state index contributed by atoms with van der Waals surface area (Å²) in [5.41, 5.74) is 3.30. The number of fused-ring (bicyclic) bond motifs is 1. The van der Waals surface area contributed by atoms with E-state index in [1.807, 2.05) is 25.1 Å². The molecule has 3 aromatic heterocycles. The van der Waals surface area contributed by atoms with Gasteiger partial charge in [0, 0.05) is 47.4 Å². The highest BCUT2D eigenvalue weighted by atomic mass is 16.5. The molecule has 0 radical (unpaired) electrons. The lowest BCUT2D eigenvalue weighted by molar-refractivity contribution is -0.117. The van der Waals surface area contributed by atoms with Gasteiger partial charge >= 0.3 is 0 Å². The summed E-state index contributed by atoms with van der Waals surface area (Å²) in [6.45, 7) is 3.51. The number of rotatable bonds is 4. The number of hydrogen-bond acceptors (Lipinski definition) is 6. The number of nitrogens with zero attached hydrogens (tertiary/aromatic N) is 3. The molecule has 0 unspecified atom stereocenters. The van der Waals surface area contributed by atoms with Gasteiger partial charge in [-0.3, -0.25) is 9.78 Å². The van der Waals surface area contributed by atoms with Crippen molar-refractivity contribution in [3.8, 4) is 11.8 Å². The van der Waals surface area contributed by atoms with Crippen LogP contribution in [0.25, 0.3) is 10.8 Å². The van der Waals surface area contributed by atoms with Crippen LogP contribution in [-0.4, -0.2) is 40.1 Å². The molecule has 2 fully saturated rings. The van der Waals surface area contributed by atoms with Crippen molar-refractivity contribution in [3.63, 3.8) is 0 Å². The van der Waals surface area contributed by atoms with Crippen molar-refractivity contribution in [2.24, 2.45) is 5.92 Å². The van der Waals surface area contributed by atoms with Crippen LogP contribution < -0.4 is 10.6 Å². The molecule has 7 nitrogen and oxygen atoms in total. The number of carbonyl (C=O) groups excluding carboxylic acids is 1. The maximum Gasteiger partial charge on any atom is 0.228 e. The summed E-state index contributed by atoms with van der Waals surface area (Å²) in [5.74, 6) is 7.03. The number of ether oxygens (including phenoxy) is 1. The molecule has 2 N–H and O–H groups in total. The number of anilines is 2. The molecule has 1 saturated carbocycles. The molecule has 2 aliphatic rings. The molecule has 0 bridgehead atoms. The Bertz CT molecular complexity index is 1200. The average molecular weight is 428 g/mol. The first kappa shape index (κ1) is 20.4. The molecule has 1 saturated heterocycles. The Morgan fingerprint density at radius 1 is 1.06 bits per heavy atom. The lowest BCUT2D eigenvalue weighted by Crippen LogP contribution is -2.29. The largest absolute Gasteiger partial charge is 0.379 e. The number of hydrogen-bond donors (Lipinski definition) is 2. The van der Waals surface area contributed by atoms with Gasteiger partial charge in [0.15, 0.2) is 0 Å². The minimum atomic E-state index is 0.0351. The summed E-state index contributed by atoms with van der Waals surface area (Å²) >= 11 is 0. The predicted octanol–water partition coefficient (Wildman–Crippen LogP) is 3.67. The Morgan fingerprint density at radius 2 is 1.97 bits per heavy atom. The van der Waals surface area contributed by atoms with E-state index in [1.54, 1.807) is 18.6 Å². The second-order valence-corrected chi connectivity index (χ2v) is 8.38. The van der Waals surface area contributed by atoms with Crippen LogP contribution in [0.3, 0.4) is 0 Å². The summed E-state index contributed by atoms with van der Waals surface area (Å²) in [6.07, 6.45) is 9.40. The average Bonchev–Trinajstić information content (AvgIpc) is 3.66. The smallest absolute Gasteiger partial charge is 0.228 e. The molecule has 5 rings (SSSR count). The van der Waals surface area contributed by atoms with E-state index in [2.05, 4.69) is 37.4 Å². The van der Waals surface area contributed by atoms with Crippen LogP contribution in [0, 0.1) is 24.7 Å². The number of amides is 1. The summed E-state index contributed by atoms with van der Waals surface area (Å²) in [4.78, 5) is 25.4. The van der Waals surface area contributed by atoms with Gasteiger partial charge in [0.2, 0.25) is 5.91 Å². The third kappa shape index (κ3) is 4.71. The Hall–Kier alpha value is -3.50. The highest BCUT2D eigenvalue weighted by Gasteiger charge is 2.29. The van der Waals surface area contributed by atoms with E-state index in [-0.39, 0.29) is 11.8 Å². The van der Waals surface area contributed by atoms with Crippen molar-refractivity contribution in [1.29, 1.82) is 0 Å². The van der Waals surface area contributed by atoms with E-state index in [0.717, 1.165) is 66.6 Å². The van der Waals surface area contributed by atoms with Crippen LogP contribution in [0.1, 0.15) is 42.6 Å². The standard InChI is InChI=1S/C25H25N5O2/c1-16-23-14-28-24(30-25(31)17-4-5-17)11-22(23)18(12-26-16)6-7-19-8-9-20(13-27-19)29-21-3-2-10-32-15-21/h8-9,11-14,17,21,29H,2-5,10,15H2,1H3,(H,28,30,31)/t21-/m1/s1. The van der Waals surface area contributed by atoms with Crippen molar-refractivity contribution in [2.75, 3.05) is 23.8 Å². The normalized spacial score (nSPS) is 18.0. The molecule has 1 amide bonds. The van der Waals surface area contributed by atoms with Gasteiger partial charge in [0.05, 0.1) is 24.1 Å². The van der Waals surface area contributed by atoms with Crippen molar-refractivity contribution in [3.05, 3.63) is 53.7 Å². The fourth-order valence-electron chi connectivity index (χ4n) is 3.78. The van der Waals surface area contributed by atoms with Gasteiger partial charge in [-0.25, -0.2) is 9.97 Å². The zero-order valence-corrected chi connectivity index (χ0v) is 18.0. The van der Waals surface area contributed by atoms with Gasteiger partial charge in [-0.15, -0.1) is 0 Å². The summed E-state index contributed by atoms with van der Waals surface area (Å²) in [6, 6.07) is 6.11. The van der Waals surface area contributed by atoms with E-state index < -0.39 is 0 Å². The van der Waals surface area contributed by atoms with Crippen molar-refractivity contribution in [1.82, 2.24) is 15.0 Å². The van der Waals surface area contributed by atoms with Crippen molar-refractivity contribution < 1.29 is 9.53 Å². The summed E-state index contributed by atoms with van der Waals surface area (Å²) in [5, 5.41) is 8.21. The van der Waals surface area contributed by atoms with Gasteiger partial charge < -0.3 is 15.4 Å². The Morgan fingerprint density at radius 3 is 2.72 bits per heavy atom. The van der Waals surface area contributed by atoms with Gasteiger partial charge in [-0.05, 0) is 56.7 Å². The third-order valence-corrected chi connectivity index (χ3v) is 5.79. The Balaban J connectivity index is 1.36. The van der Waals surface area contributed by atoms with E-state index in [4.69, 9.17) is 4.74 Å². The third-order valence-electron chi connectivity index (χ3n) is 5.79. The number of nitrogens with one attached hydrogen (secondary N) is 2. The fraction of sp³-hybridized carbons (Fsp3) is 0.360. The van der Waals surface area contributed by atoms with Crippen LogP contribution in [0.5, 0.6) is 0 Å². The van der Waals surface area contributed by atoms with Crippen LogP contribution in [-0.2, 0) is 9.53 Å². The highest BCUT2D eigenvalue weighted by molar-refractivity contribution is 5.96. The summed E-state index contributed by atoms with van der Waals surface area (Å²) in [7, 11) is 0. The second-order valence-electron chi connectivity index (χ2n) is 8.38. The molecular formula is C25H25N5O2. The van der Waals surface area contributed by atoms with Gasteiger partial charge in [0.25, 0.3) is 0 Å². The molecule has 1 aliphatic heterocycles. The molecule has 162 valence electrons. The number of carbonyl (C=O) groups is 1. The van der Waals surface area contributed by atoms with Gasteiger partial charge in [-0.2, -0.15) is 0 Å². The molecule has 1 atom stereocenters. The zero-order valence-electron chi connectivity index (χ0n) is 18.0. The molecule has 0 aromatic carbocycles. The van der Waals surface area contributed by atoms with E-state index in [0.29, 0.717) is 17.6 Å². The molecule has 4 heterocycles. The molecule has 3 aromatic rings. The van der Waals surface area contributed by atoms with Crippen LogP contribution >= 0.6 is 0 Å². The first-order valence-electron chi connectivity index (χ1n) is 11.0.